The number of carbonyl (C=O) groups is 1. The molecule has 1 atom stereocenters. The molecule has 0 saturated carbocycles. The Bertz CT molecular complexity index is 734. The molecule has 0 aromatic heterocycles. The zero-order valence-electron chi connectivity index (χ0n) is 11.8. The molecule has 1 unspecified atom stereocenters. The Labute approximate surface area is 178 Å². The third-order valence-corrected chi connectivity index (χ3v) is 4.86. The quantitative estimate of drug-likeness (QED) is 0.279. The van der Waals surface area contributed by atoms with Gasteiger partial charge in [-0.2, -0.15) is 0 Å². The van der Waals surface area contributed by atoms with Crippen LogP contribution in [-0.2, 0) is 0 Å². The molecule has 0 aliphatic heterocycles. The van der Waals surface area contributed by atoms with Crippen molar-refractivity contribution in [3.63, 3.8) is 0 Å². The zero-order chi connectivity index (χ0) is 17.9. The van der Waals surface area contributed by atoms with E-state index in [2.05, 4.69) is 33.2 Å². The molecule has 24 heavy (non-hydrogen) atoms. The molecule has 3 nitrogen and oxygen atoms in total. The van der Waals surface area contributed by atoms with Gasteiger partial charge in [0.2, 0.25) is 3.79 Å². The van der Waals surface area contributed by atoms with Gasteiger partial charge in [-0.25, -0.2) is 0 Å². The molecule has 128 valence electrons. The van der Waals surface area contributed by atoms with Gasteiger partial charge in [0.05, 0.1) is 10.7 Å². The predicted molar refractivity (Wildman–Crippen MR) is 111 cm³/mol. The Morgan fingerprint density at radius 3 is 2.21 bits per heavy atom. The molecule has 2 rings (SSSR count). The fraction of sp³-hybridized carbons (Fsp3) is 0.133. The van der Waals surface area contributed by atoms with Gasteiger partial charge in [-0.1, -0.05) is 58.0 Å². The summed E-state index contributed by atoms with van der Waals surface area (Å²) < 4.78 is -0.796. The zero-order valence-corrected chi connectivity index (χ0v) is 17.7. The lowest BCUT2D eigenvalue weighted by Gasteiger charge is -2.28. The number of nitrogens with one attached hydrogen (secondary N) is 2. The lowest BCUT2D eigenvalue weighted by molar-refractivity contribution is 0.0942. The summed E-state index contributed by atoms with van der Waals surface area (Å²) in [7, 11) is 0. The summed E-state index contributed by atoms with van der Waals surface area (Å²) in [6.45, 7) is 0. The molecule has 0 heterocycles. The van der Waals surface area contributed by atoms with E-state index in [0.717, 1.165) is 3.57 Å². The van der Waals surface area contributed by atoms with Crippen molar-refractivity contribution in [2.24, 2.45) is 0 Å². The molecule has 0 aliphatic rings. The monoisotopic (exact) mass is 536 g/mol. The van der Waals surface area contributed by atoms with Gasteiger partial charge in [0, 0.05) is 14.2 Å². The van der Waals surface area contributed by atoms with Gasteiger partial charge < -0.3 is 10.6 Å². The van der Waals surface area contributed by atoms with E-state index in [1.165, 1.54) is 0 Å². The van der Waals surface area contributed by atoms with Crippen molar-refractivity contribution in [1.82, 2.24) is 5.32 Å². The summed E-state index contributed by atoms with van der Waals surface area (Å²) >= 11 is 32.0. The van der Waals surface area contributed by atoms with Gasteiger partial charge in [-0.15, -0.1) is 0 Å². The van der Waals surface area contributed by atoms with E-state index in [0.29, 0.717) is 21.3 Å². The standard InChI is InChI=1S/C15H10Cl5IN2O/c16-9-3-6-12(11(17)7-9)22-14(15(18,19)20)23-13(24)8-1-4-10(21)5-2-8/h1-7,14,22H,(H,23,24). The molecule has 9 heteroatoms. The Hall–Kier alpha value is -0.110. The Morgan fingerprint density at radius 2 is 1.67 bits per heavy atom. The molecule has 2 N–H and O–H groups in total. The van der Waals surface area contributed by atoms with E-state index in [1.54, 1.807) is 30.3 Å². The topological polar surface area (TPSA) is 41.1 Å². The van der Waals surface area contributed by atoms with Gasteiger partial charge in [0.1, 0.15) is 6.17 Å². The molecule has 0 saturated heterocycles. The molecule has 0 bridgehead atoms. The highest BCUT2D eigenvalue weighted by Gasteiger charge is 2.34. The number of amides is 1. The highest BCUT2D eigenvalue weighted by molar-refractivity contribution is 14.1. The second kappa shape index (κ2) is 8.52. The summed E-state index contributed by atoms with van der Waals surface area (Å²) in [6.07, 6.45) is -1.01. The first-order valence-corrected chi connectivity index (χ1v) is 9.48. The number of carbonyl (C=O) groups excluding carboxylic acids is 1. The van der Waals surface area contributed by atoms with E-state index in [-0.39, 0.29) is 5.91 Å². The average Bonchev–Trinajstić information content (AvgIpc) is 2.48. The highest BCUT2D eigenvalue weighted by Crippen LogP contribution is 2.33. The summed E-state index contributed by atoms with van der Waals surface area (Å²) in [6, 6.07) is 11.8. The molecule has 0 fully saturated rings. The number of hydrogen-bond donors (Lipinski definition) is 2. The lowest BCUT2D eigenvalue weighted by Crippen LogP contribution is -2.49. The van der Waals surface area contributed by atoms with E-state index in [4.69, 9.17) is 58.0 Å². The van der Waals surface area contributed by atoms with Gasteiger partial charge in [0.25, 0.3) is 5.91 Å². The Balaban J connectivity index is 2.19. The van der Waals surface area contributed by atoms with Crippen LogP contribution in [0.5, 0.6) is 0 Å². The summed E-state index contributed by atoms with van der Waals surface area (Å²) in [5, 5.41) is 6.36. The van der Waals surface area contributed by atoms with Crippen molar-refractivity contribution in [3.8, 4) is 0 Å². The first-order valence-electron chi connectivity index (χ1n) is 6.51. The van der Waals surface area contributed by atoms with Crippen LogP contribution in [-0.4, -0.2) is 15.9 Å². The molecule has 2 aromatic rings. The maximum Gasteiger partial charge on any atom is 0.252 e. The van der Waals surface area contributed by atoms with Crippen molar-refractivity contribution in [3.05, 3.63) is 61.6 Å². The smallest absolute Gasteiger partial charge is 0.252 e. The number of hydrogen-bond acceptors (Lipinski definition) is 2. The second-order valence-corrected chi connectivity index (χ2v) is 9.18. The van der Waals surface area contributed by atoms with Crippen LogP contribution >= 0.6 is 80.6 Å². The second-order valence-electron chi connectivity index (χ2n) is 4.72. The van der Waals surface area contributed by atoms with Crippen LogP contribution in [0.2, 0.25) is 10.0 Å². The number of alkyl halides is 3. The fourth-order valence-corrected chi connectivity index (χ4v) is 2.93. The molecule has 0 aliphatic carbocycles. The fourth-order valence-electron chi connectivity index (χ4n) is 1.78. The minimum Gasteiger partial charge on any atom is -0.361 e. The minimum absolute atomic E-state index is 0.338. The van der Waals surface area contributed by atoms with Gasteiger partial charge in [-0.05, 0) is 65.1 Å². The summed E-state index contributed by atoms with van der Waals surface area (Å²) in [4.78, 5) is 12.4. The van der Waals surface area contributed by atoms with Crippen LogP contribution in [0.3, 0.4) is 0 Å². The number of halogens is 6. The number of benzene rings is 2. The van der Waals surface area contributed by atoms with Crippen molar-refractivity contribution < 1.29 is 4.79 Å². The number of anilines is 1. The third-order valence-electron chi connectivity index (χ3n) is 2.94. The highest BCUT2D eigenvalue weighted by atomic mass is 127. The molecule has 2 aromatic carbocycles. The van der Waals surface area contributed by atoms with Crippen LogP contribution in [0.4, 0.5) is 5.69 Å². The van der Waals surface area contributed by atoms with Gasteiger partial charge in [-0.3, -0.25) is 4.79 Å². The predicted octanol–water partition coefficient (Wildman–Crippen LogP) is 6.14. The molecule has 0 spiro atoms. The molecular weight excluding hydrogens is 528 g/mol. The largest absolute Gasteiger partial charge is 0.361 e. The Kier molecular flexibility index (Phi) is 7.17. The summed E-state index contributed by atoms with van der Waals surface area (Å²) in [5.41, 5.74) is 0.916. The average molecular weight is 538 g/mol. The first-order chi connectivity index (χ1) is 11.2. The van der Waals surface area contributed by atoms with Gasteiger partial charge >= 0.3 is 0 Å². The molecule has 1 amide bonds. The maximum atomic E-state index is 12.4. The maximum absolute atomic E-state index is 12.4. The van der Waals surface area contributed by atoms with Crippen LogP contribution < -0.4 is 10.6 Å². The van der Waals surface area contributed by atoms with Crippen LogP contribution in [0.15, 0.2) is 42.5 Å². The SMILES string of the molecule is O=C(NC(Nc1ccc(Cl)cc1Cl)C(Cl)(Cl)Cl)c1ccc(I)cc1. The van der Waals surface area contributed by atoms with Crippen LogP contribution in [0, 0.1) is 3.57 Å². The number of rotatable bonds is 4. The van der Waals surface area contributed by atoms with Crippen molar-refractivity contribution in [2.45, 2.75) is 9.96 Å². The minimum atomic E-state index is -1.80. The summed E-state index contributed by atoms with van der Waals surface area (Å²) in [5.74, 6) is -0.389. The van der Waals surface area contributed by atoms with Gasteiger partial charge in [0.15, 0.2) is 0 Å². The van der Waals surface area contributed by atoms with Crippen molar-refractivity contribution in [1.29, 1.82) is 0 Å². The van der Waals surface area contributed by atoms with Crippen LogP contribution in [0.1, 0.15) is 10.4 Å². The third kappa shape index (κ3) is 5.71. The van der Waals surface area contributed by atoms with Crippen molar-refractivity contribution in [2.75, 3.05) is 5.32 Å². The normalized spacial score (nSPS) is 12.6. The van der Waals surface area contributed by atoms with E-state index in [9.17, 15) is 4.79 Å². The van der Waals surface area contributed by atoms with E-state index < -0.39 is 9.96 Å². The lowest BCUT2D eigenvalue weighted by atomic mass is 10.2. The molecule has 0 radical (unpaired) electrons. The van der Waals surface area contributed by atoms with Crippen LogP contribution in [0.25, 0.3) is 0 Å². The van der Waals surface area contributed by atoms with E-state index in [1.807, 2.05) is 12.1 Å². The van der Waals surface area contributed by atoms with Crippen molar-refractivity contribution >= 4 is 92.2 Å². The molecular formula is C15H10Cl5IN2O. The first kappa shape index (κ1) is 20.2. The van der Waals surface area contributed by atoms with E-state index >= 15 is 0 Å². The Morgan fingerprint density at radius 1 is 1.04 bits per heavy atom.